The summed E-state index contributed by atoms with van der Waals surface area (Å²) < 4.78 is 32.6. The van der Waals surface area contributed by atoms with E-state index in [4.69, 9.17) is 4.74 Å². The Bertz CT molecular complexity index is 1410. The normalized spacial score (nSPS) is 11.9. The number of ether oxygens (including phenoxy) is 1. The Morgan fingerprint density at radius 1 is 0.975 bits per heavy atom. The van der Waals surface area contributed by atoms with Gasteiger partial charge in [0.15, 0.2) is 0 Å². The molecule has 0 aromatic heterocycles. The molecule has 0 aliphatic heterocycles. The van der Waals surface area contributed by atoms with Crippen molar-refractivity contribution >= 4 is 27.5 Å². The molecule has 0 bridgehead atoms. The summed E-state index contributed by atoms with van der Waals surface area (Å²) in [4.78, 5) is 29.3. The van der Waals surface area contributed by atoms with Crippen LogP contribution in [0, 0.1) is 13.8 Å². The van der Waals surface area contributed by atoms with E-state index in [1.807, 2.05) is 81.4 Å². The van der Waals surface area contributed by atoms with Crippen LogP contribution in [0.1, 0.15) is 35.6 Å². The largest absolute Gasteiger partial charge is 0.495 e. The predicted molar refractivity (Wildman–Crippen MR) is 159 cm³/mol. The first-order valence-corrected chi connectivity index (χ1v) is 15.2. The fourth-order valence-electron chi connectivity index (χ4n) is 4.48. The summed E-state index contributed by atoms with van der Waals surface area (Å²) in [6.07, 6.45) is 2.08. The molecule has 8 nitrogen and oxygen atoms in total. The Labute approximate surface area is 238 Å². The Balaban J connectivity index is 2.09. The molecule has 0 aliphatic carbocycles. The van der Waals surface area contributed by atoms with Gasteiger partial charge in [-0.2, -0.15) is 0 Å². The summed E-state index contributed by atoms with van der Waals surface area (Å²) in [6.45, 7) is 5.86. The second-order valence-electron chi connectivity index (χ2n) is 9.89. The number of nitrogens with zero attached hydrogens (tertiary/aromatic N) is 2. The summed E-state index contributed by atoms with van der Waals surface area (Å²) in [5.41, 5.74) is 3.81. The lowest BCUT2D eigenvalue weighted by Crippen LogP contribution is -2.53. The molecule has 0 fully saturated rings. The number of benzene rings is 3. The number of anilines is 1. The molecule has 3 aromatic rings. The Morgan fingerprint density at radius 2 is 1.65 bits per heavy atom. The van der Waals surface area contributed by atoms with Gasteiger partial charge < -0.3 is 15.0 Å². The summed E-state index contributed by atoms with van der Waals surface area (Å²) in [6, 6.07) is 21.5. The van der Waals surface area contributed by atoms with Crippen molar-refractivity contribution in [1.29, 1.82) is 0 Å². The van der Waals surface area contributed by atoms with E-state index in [1.165, 1.54) is 12.0 Å². The molecular weight excluding hydrogens is 526 g/mol. The number of carbonyl (C=O) groups is 2. The number of carbonyl (C=O) groups excluding carboxylic acids is 2. The standard InChI is InChI=1S/C31H39N3O5S/c1-6-18-32-31(36)28(20-25-13-8-7-9-14-25)33(21-26-15-11-10-12-24(26)3)30(35)22-34(40(5,37)38)27-19-23(2)16-17-29(27)39-4/h7-17,19,28H,6,18,20-22H2,1-5H3,(H,32,36)/t28-/m0/s1. The van der Waals surface area contributed by atoms with E-state index >= 15 is 0 Å². The number of hydrogen-bond donors (Lipinski definition) is 1. The Hall–Kier alpha value is -3.85. The quantitative estimate of drug-likeness (QED) is 0.334. The SMILES string of the molecule is CCCNC(=O)[C@H](Cc1ccccc1)N(Cc1ccccc1C)C(=O)CN(c1cc(C)ccc1OC)S(C)(=O)=O. The molecule has 0 saturated carbocycles. The maximum absolute atomic E-state index is 14.2. The van der Waals surface area contributed by atoms with Gasteiger partial charge in [-0.05, 0) is 54.7 Å². The number of nitrogens with one attached hydrogen (secondary N) is 1. The maximum Gasteiger partial charge on any atom is 0.244 e. The topological polar surface area (TPSA) is 96.0 Å². The van der Waals surface area contributed by atoms with Crippen molar-refractivity contribution in [2.45, 2.75) is 46.2 Å². The van der Waals surface area contributed by atoms with E-state index < -0.39 is 28.5 Å². The first-order valence-electron chi connectivity index (χ1n) is 13.3. The second-order valence-corrected chi connectivity index (χ2v) is 11.8. The van der Waals surface area contributed by atoms with Crippen molar-refractivity contribution in [3.63, 3.8) is 0 Å². The zero-order valence-corrected chi connectivity index (χ0v) is 24.7. The van der Waals surface area contributed by atoms with Crippen molar-refractivity contribution in [3.8, 4) is 5.75 Å². The molecule has 0 saturated heterocycles. The van der Waals surface area contributed by atoms with Gasteiger partial charge in [0.2, 0.25) is 21.8 Å². The molecule has 0 radical (unpaired) electrons. The summed E-state index contributed by atoms with van der Waals surface area (Å²) in [5, 5.41) is 2.94. The van der Waals surface area contributed by atoms with E-state index in [1.54, 1.807) is 12.1 Å². The van der Waals surface area contributed by atoms with Crippen molar-refractivity contribution in [1.82, 2.24) is 10.2 Å². The number of rotatable bonds is 13. The zero-order chi connectivity index (χ0) is 29.3. The number of aryl methyl sites for hydroxylation is 2. The van der Waals surface area contributed by atoms with Gasteiger partial charge in [-0.25, -0.2) is 8.42 Å². The van der Waals surface area contributed by atoms with E-state index in [0.29, 0.717) is 12.3 Å². The maximum atomic E-state index is 14.2. The van der Waals surface area contributed by atoms with Gasteiger partial charge in [0.05, 0.1) is 19.1 Å². The van der Waals surface area contributed by atoms with Crippen LogP contribution in [0.25, 0.3) is 0 Å². The lowest BCUT2D eigenvalue weighted by molar-refractivity contribution is -0.140. The zero-order valence-electron chi connectivity index (χ0n) is 23.9. The lowest BCUT2D eigenvalue weighted by atomic mass is 10.0. The molecule has 3 rings (SSSR count). The average molecular weight is 566 g/mol. The van der Waals surface area contributed by atoms with Crippen molar-refractivity contribution < 1.29 is 22.7 Å². The lowest BCUT2D eigenvalue weighted by Gasteiger charge is -2.34. The van der Waals surface area contributed by atoms with E-state index in [2.05, 4.69) is 5.32 Å². The van der Waals surface area contributed by atoms with Crippen LogP contribution in [-0.4, -0.2) is 57.6 Å². The highest BCUT2D eigenvalue weighted by molar-refractivity contribution is 7.92. The minimum atomic E-state index is -3.89. The third-order valence-corrected chi connectivity index (χ3v) is 7.83. The number of methoxy groups -OCH3 is 1. The molecule has 1 atom stereocenters. The fraction of sp³-hybridized carbons (Fsp3) is 0.355. The minimum absolute atomic E-state index is 0.144. The predicted octanol–water partition coefficient (Wildman–Crippen LogP) is 4.24. The molecule has 1 N–H and O–H groups in total. The molecular formula is C31H39N3O5S. The molecule has 0 aliphatic rings. The molecule has 9 heteroatoms. The van der Waals surface area contributed by atoms with Crippen molar-refractivity contribution in [2.75, 3.05) is 30.8 Å². The van der Waals surface area contributed by atoms with Crippen LogP contribution < -0.4 is 14.4 Å². The van der Waals surface area contributed by atoms with Gasteiger partial charge in [-0.15, -0.1) is 0 Å². The highest BCUT2D eigenvalue weighted by Gasteiger charge is 2.33. The molecule has 214 valence electrons. The van der Waals surface area contributed by atoms with Crippen LogP contribution in [0.15, 0.2) is 72.8 Å². The van der Waals surface area contributed by atoms with E-state index in [9.17, 15) is 18.0 Å². The fourth-order valence-corrected chi connectivity index (χ4v) is 5.33. The van der Waals surface area contributed by atoms with E-state index in [-0.39, 0.29) is 24.6 Å². The first kappa shape index (κ1) is 30.7. The van der Waals surface area contributed by atoms with Crippen molar-refractivity contribution in [3.05, 3.63) is 95.1 Å². The van der Waals surface area contributed by atoms with Crippen molar-refractivity contribution in [2.24, 2.45) is 0 Å². The molecule has 0 spiro atoms. The van der Waals surface area contributed by atoms with Crippen LogP contribution >= 0.6 is 0 Å². The molecule has 40 heavy (non-hydrogen) atoms. The van der Waals surface area contributed by atoms with Crippen LogP contribution in [0.2, 0.25) is 0 Å². The number of hydrogen-bond acceptors (Lipinski definition) is 5. The van der Waals surface area contributed by atoms with E-state index in [0.717, 1.165) is 39.2 Å². The van der Waals surface area contributed by atoms with Gasteiger partial charge >= 0.3 is 0 Å². The smallest absolute Gasteiger partial charge is 0.244 e. The monoisotopic (exact) mass is 565 g/mol. The highest BCUT2D eigenvalue weighted by atomic mass is 32.2. The molecule has 0 unspecified atom stereocenters. The third-order valence-electron chi connectivity index (χ3n) is 6.70. The first-order chi connectivity index (χ1) is 19.0. The molecule has 3 aromatic carbocycles. The number of sulfonamides is 1. The van der Waals surface area contributed by atoms with Gasteiger partial charge in [-0.3, -0.25) is 13.9 Å². The van der Waals surface area contributed by atoms with Gasteiger partial charge in [0.1, 0.15) is 18.3 Å². The second kappa shape index (κ2) is 14.0. The molecule has 2 amide bonds. The van der Waals surface area contributed by atoms with Crippen LogP contribution in [0.4, 0.5) is 5.69 Å². The average Bonchev–Trinajstić information content (AvgIpc) is 2.93. The summed E-state index contributed by atoms with van der Waals surface area (Å²) in [5.74, 6) is -0.452. The van der Waals surface area contributed by atoms with Gasteiger partial charge in [0.25, 0.3) is 0 Å². The van der Waals surface area contributed by atoms with Gasteiger partial charge in [-0.1, -0.05) is 67.6 Å². The van der Waals surface area contributed by atoms with Gasteiger partial charge in [0, 0.05) is 19.5 Å². The summed E-state index contributed by atoms with van der Waals surface area (Å²) >= 11 is 0. The third kappa shape index (κ3) is 8.08. The Morgan fingerprint density at radius 3 is 2.27 bits per heavy atom. The Kier molecular flexibility index (Phi) is 10.7. The molecule has 0 heterocycles. The van der Waals surface area contributed by atoms with Crippen LogP contribution in [-0.2, 0) is 32.6 Å². The summed E-state index contributed by atoms with van der Waals surface area (Å²) in [7, 11) is -2.44. The number of amides is 2. The highest BCUT2D eigenvalue weighted by Crippen LogP contribution is 2.31. The minimum Gasteiger partial charge on any atom is -0.495 e. The van der Waals surface area contributed by atoms with Crippen LogP contribution in [0.3, 0.4) is 0 Å². The van der Waals surface area contributed by atoms with Crippen LogP contribution in [0.5, 0.6) is 5.75 Å².